The van der Waals surface area contributed by atoms with E-state index < -0.39 is 17.7 Å². The lowest BCUT2D eigenvalue weighted by molar-refractivity contribution is -0.178. The number of carbonyl (C=O) groups is 1. The lowest BCUT2D eigenvalue weighted by Gasteiger charge is -2.66. The second-order valence-electron chi connectivity index (χ2n) is 13.7. The van der Waals surface area contributed by atoms with Crippen molar-refractivity contribution >= 4 is 5.97 Å². The van der Waals surface area contributed by atoms with E-state index in [1.807, 2.05) is 13.8 Å². The summed E-state index contributed by atoms with van der Waals surface area (Å²) < 4.78 is 0. The molecule has 3 fully saturated rings. The van der Waals surface area contributed by atoms with Gasteiger partial charge in [0.15, 0.2) is 0 Å². The van der Waals surface area contributed by atoms with Gasteiger partial charge in [0.05, 0.1) is 11.7 Å². The molecular formula is C31H52O4. The van der Waals surface area contributed by atoms with Crippen molar-refractivity contribution in [3.8, 4) is 0 Å². The molecule has 0 spiro atoms. The molecule has 3 saturated carbocycles. The number of aliphatic hydroxyl groups excluding tert-OH is 1. The number of allylic oxidation sites excluding steroid dienone is 1. The molecule has 0 saturated heterocycles. The molecule has 0 aromatic rings. The number of hydrogen-bond acceptors (Lipinski definition) is 3. The van der Waals surface area contributed by atoms with Crippen LogP contribution in [-0.2, 0) is 4.79 Å². The summed E-state index contributed by atoms with van der Waals surface area (Å²) in [6, 6.07) is 0. The van der Waals surface area contributed by atoms with Crippen molar-refractivity contribution in [2.45, 2.75) is 124 Å². The van der Waals surface area contributed by atoms with E-state index in [-0.39, 0.29) is 28.6 Å². The average molecular weight is 489 g/mol. The van der Waals surface area contributed by atoms with Crippen molar-refractivity contribution in [2.75, 3.05) is 0 Å². The van der Waals surface area contributed by atoms with E-state index in [2.05, 4.69) is 40.9 Å². The van der Waals surface area contributed by atoms with Gasteiger partial charge in [-0.05, 0) is 125 Å². The fraction of sp³-hybridized carbons (Fsp3) is 0.839. The Balaban J connectivity index is 1.88. The molecule has 4 nitrogen and oxygen atoms in total. The molecule has 3 aliphatic rings. The van der Waals surface area contributed by atoms with Crippen molar-refractivity contribution in [2.24, 2.45) is 39.9 Å². The second kappa shape index (κ2) is 9.97. The summed E-state index contributed by atoms with van der Waals surface area (Å²) in [5.41, 5.74) is 1.62. The van der Waals surface area contributed by atoms with Crippen LogP contribution >= 0.6 is 0 Å². The number of fused-ring (bicyclic) bond motifs is 3. The molecule has 3 N–H and O–H groups in total. The van der Waals surface area contributed by atoms with Gasteiger partial charge in [0, 0.05) is 6.42 Å². The maximum Gasteiger partial charge on any atom is 0.303 e. The van der Waals surface area contributed by atoms with Gasteiger partial charge in [-0.2, -0.15) is 0 Å². The molecule has 0 radical (unpaired) electrons. The van der Waals surface area contributed by atoms with Crippen molar-refractivity contribution in [1.82, 2.24) is 0 Å². The smallest absolute Gasteiger partial charge is 0.303 e. The van der Waals surface area contributed by atoms with Crippen LogP contribution in [0.2, 0.25) is 0 Å². The van der Waals surface area contributed by atoms with E-state index in [1.54, 1.807) is 0 Å². The van der Waals surface area contributed by atoms with E-state index >= 15 is 0 Å². The van der Waals surface area contributed by atoms with Crippen molar-refractivity contribution < 1.29 is 20.1 Å². The van der Waals surface area contributed by atoms with Crippen molar-refractivity contribution in [1.29, 1.82) is 0 Å². The van der Waals surface area contributed by atoms with Crippen LogP contribution in [0, 0.1) is 39.9 Å². The van der Waals surface area contributed by atoms with Crippen LogP contribution in [0.15, 0.2) is 24.3 Å². The summed E-state index contributed by atoms with van der Waals surface area (Å²) in [5.74, 6) is 1.00. The van der Waals surface area contributed by atoms with Crippen LogP contribution in [0.4, 0.5) is 0 Å². The minimum absolute atomic E-state index is 0.0640. The minimum atomic E-state index is -0.790. The standard InChI is InChI=1S/C31H52O4/c1-20(2)22-13-18-30(7)26(28(22,5)16-9-10-27(33)34)12-11-23-24(14-17-29(23,30)6)31(8,35)19-15-25(32)21(3)4/h22-26,32,35H,1,3,9-19H2,2,4-8H3,(H,33,34). The maximum absolute atomic E-state index is 11.7. The molecule has 0 aromatic heterocycles. The molecular weight excluding hydrogens is 436 g/mol. The molecule has 9 atom stereocenters. The highest BCUT2D eigenvalue weighted by atomic mass is 16.4. The zero-order valence-electron chi connectivity index (χ0n) is 23.3. The normalized spacial score (nSPS) is 41.4. The predicted octanol–water partition coefficient (Wildman–Crippen LogP) is 7.15. The second-order valence-corrected chi connectivity index (χ2v) is 13.7. The number of carboxylic acid groups (broad SMARTS) is 1. The van der Waals surface area contributed by atoms with Gasteiger partial charge < -0.3 is 15.3 Å². The predicted molar refractivity (Wildman–Crippen MR) is 143 cm³/mol. The number of hydrogen-bond donors (Lipinski definition) is 3. The Labute approximate surface area is 214 Å². The highest BCUT2D eigenvalue weighted by Crippen LogP contribution is 2.74. The van der Waals surface area contributed by atoms with Gasteiger partial charge >= 0.3 is 5.97 Å². The third-order valence-electron chi connectivity index (χ3n) is 11.7. The van der Waals surface area contributed by atoms with Crippen LogP contribution in [0.3, 0.4) is 0 Å². The topological polar surface area (TPSA) is 77.8 Å². The first-order valence-electron chi connectivity index (χ1n) is 14.0. The van der Waals surface area contributed by atoms with E-state index in [9.17, 15) is 20.1 Å². The molecule has 0 aromatic carbocycles. The van der Waals surface area contributed by atoms with E-state index in [0.29, 0.717) is 30.6 Å². The zero-order chi connectivity index (χ0) is 26.4. The molecule has 3 aliphatic carbocycles. The maximum atomic E-state index is 11.7. The Kier molecular flexibility index (Phi) is 8.10. The zero-order valence-corrected chi connectivity index (χ0v) is 23.3. The molecule has 0 heterocycles. The van der Waals surface area contributed by atoms with Crippen LogP contribution in [-0.4, -0.2) is 33.0 Å². The third-order valence-corrected chi connectivity index (χ3v) is 11.7. The molecule has 9 unspecified atom stereocenters. The lowest BCUT2D eigenvalue weighted by atomic mass is 9.38. The fourth-order valence-electron chi connectivity index (χ4n) is 9.50. The van der Waals surface area contributed by atoms with Gasteiger partial charge in [0.25, 0.3) is 0 Å². The largest absolute Gasteiger partial charge is 0.481 e. The Morgan fingerprint density at radius 1 is 1.06 bits per heavy atom. The first kappa shape index (κ1) is 28.4. The van der Waals surface area contributed by atoms with E-state index in [0.717, 1.165) is 50.5 Å². The third kappa shape index (κ3) is 4.91. The number of rotatable bonds is 10. The summed E-state index contributed by atoms with van der Waals surface area (Å²) in [5, 5.41) is 31.2. The summed E-state index contributed by atoms with van der Waals surface area (Å²) >= 11 is 0. The molecule has 0 aliphatic heterocycles. The quantitative estimate of drug-likeness (QED) is 0.285. The van der Waals surface area contributed by atoms with Gasteiger partial charge in [-0.15, -0.1) is 0 Å². The summed E-state index contributed by atoms with van der Waals surface area (Å²) in [6.07, 6.45) is 9.27. The number of carboxylic acids is 1. The lowest BCUT2D eigenvalue weighted by Crippen LogP contribution is -2.60. The van der Waals surface area contributed by atoms with Crippen LogP contribution in [0.5, 0.6) is 0 Å². The van der Waals surface area contributed by atoms with Gasteiger partial charge in [-0.25, -0.2) is 0 Å². The first-order valence-corrected chi connectivity index (χ1v) is 14.0. The summed E-state index contributed by atoms with van der Waals surface area (Å²) in [7, 11) is 0. The molecule has 3 rings (SSSR count). The van der Waals surface area contributed by atoms with Crippen LogP contribution in [0.1, 0.15) is 112 Å². The molecule has 0 bridgehead atoms. The Morgan fingerprint density at radius 3 is 2.26 bits per heavy atom. The van der Waals surface area contributed by atoms with Gasteiger partial charge in [0.2, 0.25) is 0 Å². The van der Waals surface area contributed by atoms with Gasteiger partial charge in [0.1, 0.15) is 0 Å². The Bertz CT molecular complexity index is 830. The molecule has 35 heavy (non-hydrogen) atoms. The van der Waals surface area contributed by atoms with Gasteiger partial charge in [-0.1, -0.05) is 45.1 Å². The Morgan fingerprint density at radius 2 is 1.69 bits per heavy atom. The summed E-state index contributed by atoms with van der Waals surface area (Å²) in [6.45, 7) is 21.7. The van der Waals surface area contributed by atoms with Crippen molar-refractivity contribution in [3.05, 3.63) is 24.3 Å². The SMILES string of the molecule is C=C(C)C(O)CCC(C)(O)C1CCC2(C)C1CCC1C(C)(CCCC(=O)O)C(C(=C)C)CCC12C. The minimum Gasteiger partial charge on any atom is -0.481 e. The summed E-state index contributed by atoms with van der Waals surface area (Å²) in [4.78, 5) is 11.3. The van der Waals surface area contributed by atoms with Gasteiger partial charge in [-0.3, -0.25) is 4.79 Å². The van der Waals surface area contributed by atoms with Crippen molar-refractivity contribution in [3.63, 3.8) is 0 Å². The van der Waals surface area contributed by atoms with Crippen LogP contribution < -0.4 is 0 Å². The van der Waals surface area contributed by atoms with E-state index in [1.165, 1.54) is 12.0 Å². The Hall–Kier alpha value is -1.13. The number of aliphatic hydroxyl groups is 2. The molecule has 0 amide bonds. The molecule has 200 valence electrons. The molecule has 4 heteroatoms. The highest BCUT2D eigenvalue weighted by molar-refractivity contribution is 5.66. The monoisotopic (exact) mass is 488 g/mol. The van der Waals surface area contributed by atoms with Crippen LogP contribution in [0.25, 0.3) is 0 Å². The average Bonchev–Trinajstić information content (AvgIpc) is 3.11. The first-order chi connectivity index (χ1) is 16.1. The van der Waals surface area contributed by atoms with E-state index in [4.69, 9.17) is 0 Å². The number of aliphatic carboxylic acids is 1. The highest BCUT2D eigenvalue weighted by Gasteiger charge is 2.67. The fourth-order valence-corrected chi connectivity index (χ4v) is 9.50.